The molecule has 1 saturated carbocycles. The molecular weight excluding hydrogens is 426 g/mol. The highest BCUT2D eigenvalue weighted by Gasteiger charge is 2.44. The SMILES string of the molecule is Cc1ccc(S(=O)(=O)n2c([C@H]3C[C@H]3c3ccc(C(C)(C)C)cc3)c(C)c3ccccc32)cc1. The van der Waals surface area contributed by atoms with Gasteiger partial charge in [-0.15, -0.1) is 0 Å². The molecule has 3 nitrogen and oxygen atoms in total. The predicted molar refractivity (Wildman–Crippen MR) is 136 cm³/mol. The number of aromatic nitrogens is 1. The van der Waals surface area contributed by atoms with Crippen LogP contribution in [-0.2, 0) is 15.4 Å². The minimum absolute atomic E-state index is 0.118. The first kappa shape index (κ1) is 22.0. The van der Waals surface area contributed by atoms with Crippen LogP contribution in [0.1, 0.15) is 67.0 Å². The molecule has 1 heterocycles. The molecule has 2 atom stereocenters. The van der Waals surface area contributed by atoms with Gasteiger partial charge in [0.2, 0.25) is 0 Å². The summed E-state index contributed by atoms with van der Waals surface area (Å²) in [6.07, 6.45) is 0.968. The van der Waals surface area contributed by atoms with Crippen LogP contribution in [-0.4, -0.2) is 12.4 Å². The standard InChI is InChI=1S/C29H31NO2S/c1-19-10-16-23(17-11-19)33(31,32)30-27-9-7-6-8-24(27)20(2)28(30)26-18-25(26)21-12-14-22(15-13-21)29(3,4)5/h6-17,25-26H,18H2,1-5H3/t25-,26-/m0/s1. The molecule has 4 heteroatoms. The first-order valence-corrected chi connectivity index (χ1v) is 13.1. The van der Waals surface area contributed by atoms with Gasteiger partial charge < -0.3 is 0 Å². The lowest BCUT2D eigenvalue weighted by molar-refractivity contribution is 0.586. The van der Waals surface area contributed by atoms with Crippen molar-refractivity contribution in [2.24, 2.45) is 0 Å². The normalized spacial score (nSPS) is 18.6. The van der Waals surface area contributed by atoms with Crippen molar-refractivity contribution in [2.75, 3.05) is 0 Å². The van der Waals surface area contributed by atoms with Gasteiger partial charge in [-0.25, -0.2) is 12.4 Å². The first-order chi connectivity index (χ1) is 15.6. The maximum absolute atomic E-state index is 13.9. The van der Waals surface area contributed by atoms with E-state index < -0.39 is 10.0 Å². The molecule has 0 bridgehead atoms. The van der Waals surface area contributed by atoms with E-state index in [1.165, 1.54) is 11.1 Å². The Morgan fingerprint density at radius 2 is 1.45 bits per heavy atom. The Morgan fingerprint density at radius 1 is 0.818 bits per heavy atom. The quantitative estimate of drug-likeness (QED) is 0.329. The molecule has 170 valence electrons. The van der Waals surface area contributed by atoms with Crippen molar-refractivity contribution in [3.8, 4) is 0 Å². The van der Waals surface area contributed by atoms with E-state index in [1.54, 1.807) is 16.1 Å². The lowest BCUT2D eigenvalue weighted by Gasteiger charge is -2.19. The number of hydrogen-bond donors (Lipinski definition) is 0. The molecule has 0 radical (unpaired) electrons. The van der Waals surface area contributed by atoms with E-state index in [4.69, 9.17) is 0 Å². The smallest absolute Gasteiger partial charge is 0.237 e. The third-order valence-corrected chi connectivity index (χ3v) is 8.78. The zero-order valence-electron chi connectivity index (χ0n) is 20.0. The Balaban J connectivity index is 1.61. The van der Waals surface area contributed by atoms with Gasteiger partial charge in [0.25, 0.3) is 10.0 Å². The van der Waals surface area contributed by atoms with Crippen LogP contribution in [0.4, 0.5) is 0 Å². The summed E-state index contributed by atoms with van der Waals surface area (Å²) in [5.41, 5.74) is 6.53. The van der Waals surface area contributed by atoms with E-state index in [-0.39, 0.29) is 11.3 Å². The maximum Gasteiger partial charge on any atom is 0.268 e. The molecule has 0 unspecified atom stereocenters. The van der Waals surface area contributed by atoms with Crippen molar-refractivity contribution in [3.63, 3.8) is 0 Å². The number of hydrogen-bond acceptors (Lipinski definition) is 2. The van der Waals surface area contributed by atoms with Crippen molar-refractivity contribution in [1.29, 1.82) is 0 Å². The third kappa shape index (κ3) is 3.71. The van der Waals surface area contributed by atoms with Crippen LogP contribution >= 0.6 is 0 Å². The zero-order chi connectivity index (χ0) is 23.5. The van der Waals surface area contributed by atoms with Crippen LogP contribution < -0.4 is 0 Å². The van der Waals surface area contributed by atoms with Gasteiger partial charge in [0.1, 0.15) is 0 Å². The molecule has 1 aliphatic carbocycles. The van der Waals surface area contributed by atoms with Gasteiger partial charge in [-0.1, -0.05) is 80.9 Å². The molecule has 0 spiro atoms. The van der Waals surface area contributed by atoms with Crippen molar-refractivity contribution in [1.82, 2.24) is 3.97 Å². The summed E-state index contributed by atoms with van der Waals surface area (Å²) >= 11 is 0. The minimum Gasteiger partial charge on any atom is -0.237 e. The highest BCUT2D eigenvalue weighted by atomic mass is 32.2. The molecule has 0 saturated heterocycles. The van der Waals surface area contributed by atoms with E-state index in [2.05, 4.69) is 52.0 Å². The van der Waals surface area contributed by atoms with Gasteiger partial charge in [0.05, 0.1) is 10.4 Å². The van der Waals surface area contributed by atoms with Gasteiger partial charge in [-0.2, -0.15) is 0 Å². The topological polar surface area (TPSA) is 39.1 Å². The predicted octanol–water partition coefficient (Wildman–Crippen LogP) is 7.06. The molecule has 0 amide bonds. The largest absolute Gasteiger partial charge is 0.268 e. The molecule has 1 aliphatic rings. The van der Waals surface area contributed by atoms with Crippen LogP contribution in [0.2, 0.25) is 0 Å². The molecular formula is C29H31NO2S. The number of aryl methyl sites for hydroxylation is 2. The molecule has 1 fully saturated rings. The number of benzene rings is 3. The Morgan fingerprint density at radius 3 is 2.09 bits per heavy atom. The fraction of sp³-hybridized carbons (Fsp3) is 0.310. The lowest BCUT2D eigenvalue weighted by atomic mass is 9.86. The van der Waals surface area contributed by atoms with Crippen LogP contribution in [0.15, 0.2) is 77.7 Å². The van der Waals surface area contributed by atoms with E-state index in [1.807, 2.05) is 43.3 Å². The average Bonchev–Trinajstić information content (AvgIpc) is 3.51. The molecule has 3 aromatic carbocycles. The van der Waals surface area contributed by atoms with E-state index in [0.29, 0.717) is 10.8 Å². The molecule has 33 heavy (non-hydrogen) atoms. The van der Waals surface area contributed by atoms with Crippen LogP contribution in [0.5, 0.6) is 0 Å². The first-order valence-electron chi connectivity index (χ1n) is 11.6. The Hall–Kier alpha value is -2.85. The summed E-state index contributed by atoms with van der Waals surface area (Å²) in [6.45, 7) is 10.7. The molecule has 1 aromatic heterocycles. The zero-order valence-corrected chi connectivity index (χ0v) is 20.8. The Bertz CT molecular complexity index is 1440. The summed E-state index contributed by atoms with van der Waals surface area (Å²) in [4.78, 5) is 0.335. The maximum atomic E-state index is 13.9. The van der Waals surface area contributed by atoms with Gasteiger partial charge in [0.15, 0.2) is 0 Å². The Kier molecular flexibility index (Phi) is 5.06. The van der Waals surface area contributed by atoms with Crippen molar-refractivity contribution in [3.05, 3.63) is 101 Å². The second kappa shape index (κ2) is 7.59. The number of fused-ring (bicyclic) bond motifs is 1. The van der Waals surface area contributed by atoms with Crippen LogP contribution in [0, 0.1) is 13.8 Å². The minimum atomic E-state index is -3.71. The summed E-state index contributed by atoms with van der Waals surface area (Å²) < 4.78 is 29.4. The van der Waals surface area contributed by atoms with Crippen LogP contribution in [0.3, 0.4) is 0 Å². The van der Waals surface area contributed by atoms with Crippen molar-refractivity contribution < 1.29 is 8.42 Å². The molecule has 5 rings (SSSR count). The monoisotopic (exact) mass is 457 g/mol. The molecule has 0 aliphatic heterocycles. The van der Waals surface area contributed by atoms with E-state index >= 15 is 0 Å². The van der Waals surface area contributed by atoms with Gasteiger partial charge in [-0.3, -0.25) is 0 Å². The Labute approximate surface area is 197 Å². The number of rotatable bonds is 4. The summed E-state index contributed by atoms with van der Waals surface area (Å²) in [5.74, 6) is 0.534. The average molecular weight is 458 g/mol. The van der Waals surface area contributed by atoms with E-state index in [0.717, 1.165) is 34.1 Å². The fourth-order valence-electron chi connectivity index (χ4n) is 4.99. The highest BCUT2D eigenvalue weighted by molar-refractivity contribution is 7.90. The highest BCUT2D eigenvalue weighted by Crippen LogP contribution is 2.57. The molecule has 4 aromatic rings. The van der Waals surface area contributed by atoms with Gasteiger partial charge in [0, 0.05) is 17.0 Å². The van der Waals surface area contributed by atoms with Gasteiger partial charge in [-0.05, 0) is 66.5 Å². The lowest BCUT2D eigenvalue weighted by Crippen LogP contribution is -2.16. The molecule has 0 N–H and O–H groups in total. The van der Waals surface area contributed by atoms with Crippen molar-refractivity contribution in [2.45, 2.75) is 63.2 Å². The fourth-order valence-corrected chi connectivity index (χ4v) is 6.63. The van der Waals surface area contributed by atoms with Crippen LogP contribution in [0.25, 0.3) is 10.9 Å². The number of nitrogens with zero attached hydrogens (tertiary/aromatic N) is 1. The second-order valence-electron chi connectivity index (χ2n) is 10.4. The summed E-state index contributed by atoms with van der Waals surface area (Å²) in [7, 11) is -3.71. The number of para-hydroxylation sites is 1. The second-order valence-corrected chi connectivity index (χ2v) is 12.2. The van der Waals surface area contributed by atoms with Gasteiger partial charge >= 0.3 is 0 Å². The third-order valence-electron chi connectivity index (χ3n) is 7.04. The van der Waals surface area contributed by atoms with E-state index in [9.17, 15) is 8.42 Å². The van der Waals surface area contributed by atoms with Crippen molar-refractivity contribution >= 4 is 20.9 Å². The summed E-state index contributed by atoms with van der Waals surface area (Å²) in [6, 6.07) is 23.9. The summed E-state index contributed by atoms with van der Waals surface area (Å²) in [5, 5.41) is 1.01.